The first kappa shape index (κ1) is 14.6. The molecule has 1 aromatic carbocycles. The number of hydrogen-bond acceptors (Lipinski definition) is 2. The van der Waals surface area contributed by atoms with Crippen LogP contribution in [0.25, 0.3) is 0 Å². The molecule has 0 radical (unpaired) electrons. The van der Waals surface area contributed by atoms with Gasteiger partial charge in [-0.05, 0) is 23.6 Å². The zero-order valence-corrected chi connectivity index (χ0v) is 12.1. The Morgan fingerprint density at radius 3 is 2.41 bits per heavy atom. The summed E-state index contributed by atoms with van der Waals surface area (Å²) in [6.45, 7) is 5.83. The molecule has 1 aromatic rings. The lowest BCUT2D eigenvalue weighted by Gasteiger charge is -2.33. The summed E-state index contributed by atoms with van der Waals surface area (Å²) in [5.41, 5.74) is -0.0238. The monoisotopic (exact) mass is 304 g/mol. The second-order valence-corrected chi connectivity index (χ2v) is 6.05. The summed E-state index contributed by atoms with van der Waals surface area (Å²) in [7, 11) is 1.52. The third-order valence-corrected chi connectivity index (χ3v) is 3.16. The van der Waals surface area contributed by atoms with E-state index in [0.717, 1.165) is 4.47 Å². The van der Waals surface area contributed by atoms with E-state index in [9.17, 15) is 9.50 Å². The lowest BCUT2D eigenvalue weighted by atomic mass is 9.83. The van der Waals surface area contributed by atoms with Crippen LogP contribution in [0.4, 0.5) is 4.39 Å². The zero-order chi connectivity index (χ0) is 13.2. The van der Waals surface area contributed by atoms with Gasteiger partial charge in [0.2, 0.25) is 0 Å². The Balaban J connectivity index is 3.10. The maximum atomic E-state index is 13.7. The Hall–Kier alpha value is -0.450. The van der Waals surface area contributed by atoms with Gasteiger partial charge in [0, 0.05) is 17.1 Å². The number of aliphatic hydroxyl groups is 1. The molecule has 0 bridgehead atoms. The molecule has 1 N–H and O–H groups in total. The number of rotatable bonds is 3. The highest BCUT2D eigenvalue weighted by Gasteiger charge is 2.33. The van der Waals surface area contributed by atoms with E-state index in [1.54, 1.807) is 12.1 Å². The normalized spacial score (nSPS) is 15.7. The highest BCUT2D eigenvalue weighted by molar-refractivity contribution is 9.10. The zero-order valence-electron chi connectivity index (χ0n) is 10.5. The van der Waals surface area contributed by atoms with Gasteiger partial charge >= 0.3 is 0 Å². The van der Waals surface area contributed by atoms with Crippen molar-refractivity contribution in [3.8, 4) is 0 Å². The second kappa shape index (κ2) is 5.46. The van der Waals surface area contributed by atoms with E-state index in [1.807, 2.05) is 20.8 Å². The first-order valence-corrected chi connectivity index (χ1v) is 6.22. The Kier molecular flexibility index (Phi) is 4.69. The van der Waals surface area contributed by atoms with Crippen LogP contribution in [0.15, 0.2) is 22.7 Å². The molecule has 0 aliphatic rings. The predicted octanol–water partition coefficient (Wildman–Crippen LogP) is 3.68. The highest BCUT2D eigenvalue weighted by Crippen LogP contribution is 2.34. The molecule has 96 valence electrons. The van der Waals surface area contributed by atoms with Crippen molar-refractivity contribution in [1.29, 1.82) is 0 Å². The van der Waals surface area contributed by atoms with E-state index >= 15 is 0 Å². The topological polar surface area (TPSA) is 29.5 Å². The van der Waals surface area contributed by atoms with Crippen molar-refractivity contribution in [3.63, 3.8) is 0 Å². The molecule has 0 aliphatic heterocycles. The van der Waals surface area contributed by atoms with Crippen LogP contribution in [-0.4, -0.2) is 18.3 Å². The summed E-state index contributed by atoms with van der Waals surface area (Å²) in [5.74, 6) is -0.424. The van der Waals surface area contributed by atoms with Crippen LogP contribution in [0.5, 0.6) is 0 Å². The fourth-order valence-corrected chi connectivity index (χ4v) is 2.24. The second-order valence-electron chi connectivity index (χ2n) is 5.13. The van der Waals surface area contributed by atoms with Gasteiger partial charge in [0.25, 0.3) is 0 Å². The standard InChI is InChI=1S/C13H18BrFO2/c1-13(2,3)12(17-4)11(16)9-7-8(14)5-6-10(9)15/h5-7,11-12,16H,1-4H3. The quantitative estimate of drug-likeness (QED) is 0.923. The molecular weight excluding hydrogens is 287 g/mol. The number of aliphatic hydroxyl groups excluding tert-OH is 1. The predicted molar refractivity (Wildman–Crippen MR) is 69.3 cm³/mol. The number of ether oxygens (including phenoxy) is 1. The highest BCUT2D eigenvalue weighted by atomic mass is 79.9. The van der Waals surface area contributed by atoms with Crippen LogP contribution >= 0.6 is 15.9 Å². The molecule has 0 spiro atoms. The van der Waals surface area contributed by atoms with E-state index in [-0.39, 0.29) is 11.0 Å². The van der Waals surface area contributed by atoms with E-state index in [0.29, 0.717) is 0 Å². The minimum absolute atomic E-state index is 0.251. The number of methoxy groups -OCH3 is 1. The first-order valence-electron chi connectivity index (χ1n) is 5.43. The van der Waals surface area contributed by atoms with Gasteiger partial charge in [0.05, 0.1) is 6.10 Å². The molecule has 0 amide bonds. The van der Waals surface area contributed by atoms with Gasteiger partial charge in [-0.3, -0.25) is 0 Å². The lowest BCUT2D eigenvalue weighted by molar-refractivity contribution is -0.0735. The largest absolute Gasteiger partial charge is 0.386 e. The molecule has 0 heterocycles. The maximum absolute atomic E-state index is 13.7. The fraction of sp³-hybridized carbons (Fsp3) is 0.538. The van der Waals surface area contributed by atoms with Crippen molar-refractivity contribution in [2.75, 3.05) is 7.11 Å². The summed E-state index contributed by atoms with van der Waals surface area (Å²) < 4.78 is 19.7. The lowest BCUT2D eigenvalue weighted by Crippen LogP contribution is -2.34. The van der Waals surface area contributed by atoms with Crippen molar-refractivity contribution in [3.05, 3.63) is 34.1 Å². The molecule has 0 fully saturated rings. The third kappa shape index (κ3) is 3.50. The minimum atomic E-state index is -0.988. The summed E-state index contributed by atoms with van der Waals surface area (Å²) in [5, 5.41) is 10.2. The van der Waals surface area contributed by atoms with Crippen LogP contribution in [0.1, 0.15) is 32.4 Å². The van der Waals surface area contributed by atoms with Gasteiger partial charge in [-0.25, -0.2) is 4.39 Å². The van der Waals surface area contributed by atoms with Crippen LogP contribution < -0.4 is 0 Å². The summed E-state index contributed by atoms with van der Waals surface area (Å²) in [6.07, 6.45) is -1.45. The third-order valence-electron chi connectivity index (χ3n) is 2.67. The fourth-order valence-electron chi connectivity index (χ4n) is 1.86. The Morgan fingerprint density at radius 2 is 1.94 bits per heavy atom. The van der Waals surface area contributed by atoms with E-state index in [4.69, 9.17) is 4.74 Å². The number of benzene rings is 1. The van der Waals surface area contributed by atoms with Gasteiger partial charge in [0.1, 0.15) is 11.9 Å². The summed E-state index contributed by atoms with van der Waals surface area (Å²) >= 11 is 3.27. The number of hydrogen-bond donors (Lipinski definition) is 1. The molecule has 2 unspecified atom stereocenters. The SMILES string of the molecule is COC(C(O)c1cc(Br)ccc1F)C(C)(C)C. The van der Waals surface area contributed by atoms with Crippen LogP contribution in [0, 0.1) is 11.2 Å². The van der Waals surface area contributed by atoms with Crippen molar-refractivity contribution in [1.82, 2.24) is 0 Å². The maximum Gasteiger partial charge on any atom is 0.129 e. The summed E-state index contributed by atoms with van der Waals surface area (Å²) in [6, 6.07) is 4.51. The Bertz CT molecular complexity index is 387. The molecule has 17 heavy (non-hydrogen) atoms. The molecule has 2 nitrogen and oxygen atoms in total. The molecule has 4 heteroatoms. The van der Waals surface area contributed by atoms with E-state index in [1.165, 1.54) is 13.2 Å². The first-order chi connectivity index (χ1) is 7.77. The molecule has 0 saturated carbocycles. The molecule has 2 atom stereocenters. The van der Waals surface area contributed by atoms with Gasteiger partial charge in [0.15, 0.2) is 0 Å². The average molecular weight is 305 g/mol. The van der Waals surface area contributed by atoms with Gasteiger partial charge in [-0.2, -0.15) is 0 Å². The molecule has 0 aromatic heterocycles. The number of halogens is 2. The summed E-state index contributed by atoms with van der Waals surface area (Å²) in [4.78, 5) is 0. The van der Waals surface area contributed by atoms with Crippen LogP contribution in [0.2, 0.25) is 0 Å². The molecule has 1 rings (SSSR count). The van der Waals surface area contributed by atoms with Crippen LogP contribution in [-0.2, 0) is 4.74 Å². The van der Waals surface area contributed by atoms with Crippen molar-refractivity contribution in [2.24, 2.45) is 5.41 Å². The molecular formula is C13H18BrFO2. The van der Waals surface area contributed by atoms with Gasteiger partial charge in [-0.15, -0.1) is 0 Å². The van der Waals surface area contributed by atoms with E-state index in [2.05, 4.69) is 15.9 Å². The molecule has 0 saturated heterocycles. The van der Waals surface area contributed by atoms with Crippen molar-refractivity contribution < 1.29 is 14.2 Å². The smallest absolute Gasteiger partial charge is 0.129 e. The Morgan fingerprint density at radius 1 is 1.35 bits per heavy atom. The van der Waals surface area contributed by atoms with Crippen molar-refractivity contribution in [2.45, 2.75) is 33.0 Å². The van der Waals surface area contributed by atoms with Gasteiger partial charge < -0.3 is 9.84 Å². The average Bonchev–Trinajstić information content (AvgIpc) is 2.20. The Labute approximate surface area is 110 Å². The minimum Gasteiger partial charge on any atom is -0.386 e. The van der Waals surface area contributed by atoms with E-state index < -0.39 is 18.0 Å². The van der Waals surface area contributed by atoms with Crippen LogP contribution in [0.3, 0.4) is 0 Å². The van der Waals surface area contributed by atoms with Crippen molar-refractivity contribution >= 4 is 15.9 Å². The van der Waals surface area contributed by atoms with Gasteiger partial charge in [-0.1, -0.05) is 36.7 Å². The molecule has 0 aliphatic carbocycles.